The van der Waals surface area contributed by atoms with E-state index in [4.69, 9.17) is 11.0 Å². The Labute approximate surface area is 203 Å². The van der Waals surface area contributed by atoms with Gasteiger partial charge in [-0.05, 0) is 60.0 Å². The van der Waals surface area contributed by atoms with Gasteiger partial charge in [-0.1, -0.05) is 26.0 Å². The second-order valence-corrected chi connectivity index (χ2v) is 8.66. The fourth-order valence-electron chi connectivity index (χ4n) is 3.67. The van der Waals surface area contributed by atoms with Crippen molar-refractivity contribution in [1.82, 2.24) is 9.61 Å². The second kappa shape index (κ2) is 9.79. The average Bonchev–Trinajstić information content (AvgIpc) is 3.31. The normalized spacial score (nSPS) is 11.8. The molecule has 2 aromatic heterocycles. The fourth-order valence-corrected chi connectivity index (χ4v) is 3.67. The summed E-state index contributed by atoms with van der Waals surface area (Å²) in [7, 11) is 1.70. The van der Waals surface area contributed by atoms with E-state index in [1.807, 2.05) is 44.2 Å². The highest BCUT2D eigenvalue weighted by molar-refractivity contribution is 6.06. The fraction of sp³-hybridized carbons (Fsp3) is 0.185. The molecule has 0 unspecified atom stereocenters. The lowest BCUT2D eigenvalue weighted by atomic mass is 10.0. The van der Waals surface area contributed by atoms with Crippen LogP contribution >= 0.6 is 0 Å². The van der Waals surface area contributed by atoms with Crippen molar-refractivity contribution in [3.8, 4) is 17.2 Å². The quantitative estimate of drug-likeness (QED) is 0.444. The molecule has 0 aliphatic heterocycles. The van der Waals surface area contributed by atoms with Crippen molar-refractivity contribution in [1.29, 1.82) is 5.26 Å². The predicted molar refractivity (Wildman–Crippen MR) is 136 cm³/mol. The summed E-state index contributed by atoms with van der Waals surface area (Å²) in [6, 6.07) is 19.3. The first-order chi connectivity index (χ1) is 16.8. The third kappa shape index (κ3) is 4.90. The molecule has 0 bridgehead atoms. The van der Waals surface area contributed by atoms with E-state index in [-0.39, 0.29) is 17.7 Å². The standard InChI is InChI=1S/C27H26N6O2/c1-17(2)25(29)26(34)31-21-8-6-19(7-9-21)23-16-30-33-13-12-20(14-24(23)33)27(35)32(3)22-10-4-18(15-28)5-11-22/h4-14,16-17,25H,29H2,1-3H3,(H,31,34)/t25-/m0/s1. The monoisotopic (exact) mass is 466 g/mol. The van der Waals surface area contributed by atoms with Crippen molar-refractivity contribution < 1.29 is 9.59 Å². The minimum Gasteiger partial charge on any atom is -0.325 e. The van der Waals surface area contributed by atoms with Gasteiger partial charge in [0.15, 0.2) is 0 Å². The van der Waals surface area contributed by atoms with Crippen LogP contribution in [0.3, 0.4) is 0 Å². The van der Waals surface area contributed by atoms with Crippen LogP contribution < -0.4 is 16.0 Å². The Bertz CT molecular complexity index is 1420. The summed E-state index contributed by atoms with van der Waals surface area (Å²) in [6.07, 6.45) is 3.50. The first kappa shape index (κ1) is 23.7. The molecule has 0 saturated carbocycles. The molecule has 0 aliphatic rings. The molecule has 0 radical (unpaired) electrons. The number of amides is 2. The summed E-state index contributed by atoms with van der Waals surface area (Å²) in [6.45, 7) is 3.80. The Morgan fingerprint density at radius 2 is 1.77 bits per heavy atom. The SMILES string of the molecule is CC(C)[C@H](N)C(=O)Nc1ccc(-c2cnn3ccc(C(=O)N(C)c4ccc(C#N)cc4)cc23)cc1. The zero-order valence-corrected chi connectivity index (χ0v) is 19.8. The van der Waals surface area contributed by atoms with Crippen LogP contribution in [0.1, 0.15) is 29.8 Å². The predicted octanol–water partition coefficient (Wildman–Crippen LogP) is 4.07. The van der Waals surface area contributed by atoms with E-state index < -0.39 is 6.04 Å². The Morgan fingerprint density at radius 1 is 1.09 bits per heavy atom. The maximum absolute atomic E-state index is 13.1. The van der Waals surface area contributed by atoms with Gasteiger partial charge in [-0.2, -0.15) is 10.4 Å². The van der Waals surface area contributed by atoms with E-state index >= 15 is 0 Å². The number of aromatic nitrogens is 2. The van der Waals surface area contributed by atoms with Crippen LogP contribution in [0.2, 0.25) is 0 Å². The molecule has 2 heterocycles. The van der Waals surface area contributed by atoms with Crippen molar-refractivity contribution in [3.05, 3.63) is 84.2 Å². The number of nitrogens with two attached hydrogens (primary N) is 1. The number of benzene rings is 2. The molecule has 0 spiro atoms. The summed E-state index contributed by atoms with van der Waals surface area (Å²) in [5.74, 6) is -0.358. The van der Waals surface area contributed by atoms with Crippen LogP contribution in [0.25, 0.3) is 16.6 Å². The molecule has 4 aromatic rings. The lowest BCUT2D eigenvalue weighted by molar-refractivity contribution is -0.118. The molecule has 0 saturated heterocycles. The van der Waals surface area contributed by atoms with E-state index in [1.54, 1.807) is 59.2 Å². The highest BCUT2D eigenvalue weighted by atomic mass is 16.2. The Morgan fingerprint density at radius 3 is 2.40 bits per heavy atom. The van der Waals surface area contributed by atoms with Gasteiger partial charge in [-0.3, -0.25) is 9.59 Å². The molecule has 0 aliphatic carbocycles. The van der Waals surface area contributed by atoms with Crippen LogP contribution in [0.4, 0.5) is 11.4 Å². The van der Waals surface area contributed by atoms with E-state index in [2.05, 4.69) is 16.5 Å². The molecule has 0 fully saturated rings. The van der Waals surface area contributed by atoms with E-state index in [1.165, 1.54) is 0 Å². The van der Waals surface area contributed by atoms with Crippen LogP contribution in [0.5, 0.6) is 0 Å². The maximum Gasteiger partial charge on any atom is 0.258 e. The summed E-state index contributed by atoms with van der Waals surface area (Å²) >= 11 is 0. The Hall–Kier alpha value is -4.48. The van der Waals surface area contributed by atoms with Crippen LogP contribution in [0, 0.1) is 17.2 Å². The first-order valence-corrected chi connectivity index (χ1v) is 11.2. The van der Waals surface area contributed by atoms with Crippen molar-refractivity contribution in [2.75, 3.05) is 17.3 Å². The molecule has 2 aromatic carbocycles. The highest BCUT2D eigenvalue weighted by Crippen LogP contribution is 2.27. The molecule has 35 heavy (non-hydrogen) atoms. The van der Waals surface area contributed by atoms with Gasteiger partial charge >= 0.3 is 0 Å². The van der Waals surface area contributed by atoms with Crippen molar-refractivity contribution >= 4 is 28.7 Å². The molecule has 2 amide bonds. The first-order valence-electron chi connectivity index (χ1n) is 11.2. The summed E-state index contributed by atoms with van der Waals surface area (Å²) < 4.78 is 1.71. The van der Waals surface area contributed by atoms with Crippen molar-refractivity contribution in [2.45, 2.75) is 19.9 Å². The lowest BCUT2D eigenvalue weighted by Crippen LogP contribution is -2.39. The number of carbonyl (C=O) groups excluding carboxylic acids is 2. The number of nitrogens with one attached hydrogen (secondary N) is 1. The zero-order valence-electron chi connectivity index (χ0n) is 19.8. The average molecular weight is 467 g/mol. The number of rotatable bonds is 6. The number of hydrogen-bond acceptors (Lipinski definition) is 5. The van der Waals surface area contributed by atoms with E-state index in [0.717, 1.165) is 16.6 Å². The van der Waals surface area contributed by atoms with Crippen molar-refractivity contribution in [2.24, 2.45) is 11.7 Å². The molecule has 4 rings (SSSR count). The van der Waals surface area contributed by atoms with E-state index in [0.29, 0.717) is 22.5 Å². The van der Waals surface area contributed by atoms with Gasteiger partial charge in [0.1, 0.15) is 0 Å². The largest absolute Gasteiger partial charge is 0.325 e. The summed E-state index contributed by atoms with van der Waals surface area (Å²) in [5, 5.41) is 16.2. The van der Waals surface area contributed by atoms with Gasteiger partial charge in [0, 0.05) is 35.7 Å². The topological polar surface area (TPSA) is 117 Å². The maximum atomic E-state index is 13.1. The van der Waals surface area contributed by atoms with Gasteiger partial charge in [0.05, 0.1) is 29.4 Å². The van der Waals surface area contributed by atoms with Gasteiger partial charge in [0.2, 0.25) is 5.91 Å². The molecular formula is C27H26N6O2. The molecular weight excluding hydrogens is 440 g/mol. The number of carbonyl (C=O) groups is 2. The van der Waals surface area contributed by atoms with Gasteiger partial charge in [0.25, 0.3) is 5.91 Å². The van der Waals surface area contributed by atoms with Gasteiger partial charge in [-0.25, -0.2) is 4.52 Å². The van der Waals surface area contributed by atoms with E-state index in [9.17, 15) is 9.59 Å². The molecule has 8 nitrogen and oxygen atoms in total. The molecule has 3 N–H and O–H groups in total. The molecule has 1 atom stereocenters. The number of anilines is 2. The molecule has 8 heteroatoms. The summed E-state index contributed by atoms with van der Waals surface area (Å²) in [5.41, 5.74) is 10.9. The Kier molecular flexibility index (Phi) is 6.62. The number of nitriles is 1. The van der Waals surface area contributed by atoms with Crippen LogP contribution in [0.15, 0.2) is 73.1 Å². The third-order valence-corrected chi connectivity index (χ3v) is 5.94. The minimum absolute atomic E-state index is 0.0425. The number of nitrogens with zero attached hydrogens (tertiary/aromatic N) is 4. The summed E-state index contributed by atoms with van der Waals surface area (Å²) in [4.78, 5) is 26.9. The van der Waals surface area contributed by atoms with Gasteiger partial charge in [-0.15, -0.1) is 0 Å². The van der Waals surface area contributed by atoms with Crippen molar-refractivity contribution in [3.63, 3.8) is 0 Å². The number of hydrogen-bond donors (Lipinski definition) is 2. The highest BCUT2D eigenvalue weighted by Gasteiger charge is 2.18. The lowest BCUT2D eigenvalue weighted by Gasteiger charge is -2.17. The zero-order chi connectivity index (χ0) is 25.1. The number of fused-ring (bicyclic) bond motifs is 1. The number of pyridine rings is 1. The second-order valence-electron chi connectivity index (χ2n) is 8.66. The van der Waals surface area contributed by atoms with Gasteiger partial charge < -0.3 is 16.0 Å². The van der Waals surface area contributed by atoms with Crippen LogP contribution in [-0.4, -0.2) is 34.5 Å². The third-order valence-electron chi connectivity index (χ3n) is 5.94. The minimum atomic E-state index is -0.576. The Balaban J connectivity index is 1.58. The molecule has 176 valence electrons. The van der Waals surface area contributed by atoms with Crippen LogP contribution in [-0.2, 0) is 4.79 Å². The smallest absolute Gasteiger partial charge is 0.258 e.